The summed E-state index contributed by atoms with van der Waals surface area (Å²) in [4.78, 5) is 17.7. The Morgan fingerprint density at radius 3 is 2.81 bits per heavy atom. The molecule has 1 atom stereocenters. The number of aromatic nitrogens is 2. The highest BCUT2D eigenvalue weighted by molar-refractivity contribution is 5.94. The summed E-state index contributed by atoms with van der Waals surface area (Å²) in [6.07, 6.45) is 2.89. The van der Waals surface area contributed by atoms with E-state index >= 15 is 0 Å². The van der Waals surface area contributed by atoms with Crippen molar-refractivity contribution in [3.63, 3.8) is 0 Å². The van der Waals surface area contributed by atoms with E-state index in [1.807, 2.05) is 17.0 Å². The van der Waals surface area contributed by atoms with Gasteiger partial charge < -0.3 is 14.4 Å². The fraction of sp³-hybridized carbons (Fsp3) is 0.600. The van der Waals surface area contributed by atoms with Gasteiger partial charge in [-0.15, -0.1) is 0 Å². The van der Waals surface area contributed by atoms with E-state index in [2.05, 4.69) is 42.6 Å². The van der Waals surface area contributed by atoms with Crippen LogP contribution in [-0.4, -0.2) is 72.0 Å². The lowest BCUT2D eigenvalue weighted by molar-refractivity contribution is 0.0297. The van der Waals surface area contributed by atoms with Gasteiger partial charge in [0.05, 0.1) is 20.3 Å². The van der Waals surface area contributed by atoms with Crippen LogP contribution in [0.3, 0.4) is 0 Å². The lowest BCUT2D eigenvalue weighted by Crippen LogP contribution is -2.42. The second kappa shape index (κ2) is 10.0. The third-order valence-corrected chi connectivity index (χ3v) is 6.55. The van der Waals surface area contributed by atoms with Crippen LogP contribution in [0.5, 0.6) is 5.75 Å². The van der Waals surface area contributed by atoms with E-state index in [1.165, 1.54) is 11.3 Å². The van der Waals surface area contributed by atoms with Gasteiger partial charge in [0.2, 0.25) is 0 Å². The summed E-state index contributed by atoms with van der Waals surface area (Å²) < 4.78 is 12.9. The Morgan fingerprint density at radius 2 is 2.09 bits per heavy atom. The molecule has 2 aromatic rings. The molecule has 7 heteroatoms. The van der Waals surface area contributed by atoms with Crippen molar-refractivity contribution in [2.24, 2.45) is 5.92 Å². The molecule has 0 unspecified atom stereocenters. The Kier molecular flexibility index (Phi) is 7.16. The SMILES string of the molecule is COc1cccc(CN(C)[C@@H]2CCc3c(c(C(=O)N4CCOCC4)nn3CC(C)C)C2)c1. The molecule has 0 spiro atoms. The Balaban J connectivity index is 1.55. The molecule has 1 aliphatic heterocycles. The number of nitrogens with zero attached hydrogens (tertiary/aromatic N) is 4. The van der Waals surface area contributed by atoms with Crippen molar-refractivity contribution in [1.82, 2.24) is 19.6 Å². The summed E-state index contributed by atoms with van der Waals surface area (Å²) in [7, 11) is 3.88. The van der Waals surface area contributed by atoms with Crippen molar-refractivity contribution in [2.45, 2.75) is 52.2 Å². The molecule has 7 nitrogen and oxygen atoms in total. The topological polar surface area (TPSA) is 59.8 Å². The van der Waals surface area contributed by atoms with E-state index < -0.39 is 0 Å². The zero-order valence-electron chi connectivity index (χ0n) is 19.8. The van der Waals surface area contributed by atoms with Crippen molar-refractivity contribution < 1.29 is 14.3 Å². The number of ether oxygens (including phenoxy) is 2. The molecule has 1 fully saturated rings. The van der Waals surface area contributed by atoms with Crippen LogP contribution in [0.2, 0.25) is 0 Å². The normalized spacial score (nSPS) is 18.8. The molecule has 2 aliphatic rings. The van der Waals surface area contributed by atoms with Crippen LogP contribution in [0.4, 0.5) is 0 Å². The zero-order valence-corrected chi connectivity index (χ0v) is 19.8. The van der Waals surface area contributed by atoms with E-state index in [1.54, 1.807) is 7.11 Å². The third kappa shape index (κ3) is 4.99. The first-order valence-corrected chi connectivity index (χ1v) is 11.7. The maximum absolute atomic E-state index is 13.4. The van der Waals surface area contributed by atoms with Crippen LogP contribution >= 0.6 is 0 Å². The smallest absolute Gasteiger partial charge is 0.274 e. The van der Waals surface area contributed by atoms with Gasteiger partial charge >= 0.3 is 0 Å². The molecule has 1 aromatic heterocycles. The molecular formula is C25H36N4O3. The van der Waals surface area contributed by atoms with Gasteiger partial charge in [0.25, 0.3) is 5.91 Å². The van der Waals surface area contributed by atoms with Gasteiger partial charge in [-0.2, -0.15) is 5.10 Å². The summed E-state index contributed by atoms with van der Waals surface area (Å²) >= 11 is 0. The van der Waals surface area contributed by atoms with Crippen LogP contribution in [0.1, 0.15) is 47.6 Å². The first-order chi connectivity index (χ1) is 15.5. The standard InChI is InChI=1S/C25H36N4O3/c1-18(2)16-29-23-9-8-20(27(3)17-19-6-5-7-21(14-19)31-4)15-22(23)24(26-29)25(30)28-10-12-32-13-11-28/h5-7,14,18,20H,8-13,15-17H2,1-4H3/t20-/m1/s1. The molecule has 1 saturated heterocycles. The van der Waals surface area contributed by atoms with Crippen LogP contribution in [0.25, 0.3) is 0 Å². The zero-order chi connectivity index (χ0) is 22.7. The van der Waals surface area contributed by atoms with Gasteiger partial charge in [-0.1, -0.05) is 26.0 Å². The summed E-state index contributed by atoms with van der Waals surface area (Å²) in [6, 6.07) is 8.63. The molecule has 1 aromatic carbocycles. The average molecular weight is 441 g/mol. The van der Waals surface area contributed by atoms with Crippen molar-refractivity contribution >= 4 is 5.91 Å². The van der Waals surface area contributed by atoms with Crippen LogP contribution in [0, 0.1) is 5.92 Å². The summed E-state index contributed by atoms with van der Waals surface area (Å²) in [5.41, 5.74) is 4.29. The Bertz CT molecular complexity index is 933. The largest absolute Gasteiger partial charge is 0.497 e. The van der Waals surface area contributed by atoms with Crippen LogP contribution in [-0.2, 0) is 30.7 Å². The van der Waals surface area contributed by atoms with Crippen molar-refractivity contribution in [3.05, 3.63) is 46.8 Å². The van der Waals surface area contributed by atoms with Gasteiger partial charge in [0.1, 0.15) is 5.75 Å². The first kappa shape index (κ1) is 22.8. The van der Waals surface area contributed by atoms with Gasteiger partial charge in [-0.05, 0) is 49.9 Å². The number of morpholine rings is 1. The Hall–Kier alpha value is -2.38. The van der Waals surface area contributed by atoms with Gasteiger partial charge in [-0.3, -0.25) is 14.4 Å². The highest BCUT2D eigenvalue weighted by atomic mass is 16.5. The minimum absolute atomic E-state index is 0.0585. The van der Waals surface area contributed by atoms with E-state index in [-0.39, 0.29) is 5.91 Å². The Labute approximate surface area is 191 Å². The van der Waals surface area contributed by atoms with E-state index in [4.69, 9.17) is 14.6 Å². The predicted molar refractivity (Wildman–Crippen MR) is 124 cm³/mol. The second-order valence-corrected chi connectivity index (χ2v) is 9.42. The Morgan fingerprint density at radius 1 is 1.31 bits per heavy atom. The number of hydrogen-bond acceptors (Lipinski definition) is 5. The van der Waals surface area contributed by atoms with Gasteiger partial charge in [-0.25, -0.2) is 0 Å². The summed E-state index contributed by atoms with van der Waals surface area (Å²) in [6.45, 7) is 8.59. The quantitative estimate of drug-likeness (QED) is 0.662. The maximum Gasteiger partial charge on any atom is 0.274 e. The molecule has 0 radical (unpaired) electrons. The third-order valence-electron chi connectivity index (χ3n) is 6.55. The van der Waals surface area contributed by atoms with Crippen molar-refractivity contribution in [3.8, 4) is 5.75 Å². The number of benzene rings is 1. The van der Waals surface area contributed by atoms with Crippen molar-refractivity contribution in [1.29, 1.82) is 0 Å². The molecule has 4 rings (SSSR count). The van der Waals surface area contributed by atoms with Crippen LogP contribution < -0.4 is 4.74 Å². The van der Waals surface area contributed by atoms with Crippen LogP contribution in [0.15, 0.2) is 24.3 Å². The molecular weight excluding hydrogens is 404 g/mol. The maximum atomic E-state index is 13.4. The highest BCUT2D eigenvalue weighted by Crippen LogP contribution is 2.29. The number of rotatable bonds is 7. The number of carbonyl (C=O) groups excluding carboxylic acids is 1. The predicted octanol–water partition coefficient (Wildman–Crippen LogP) is 3.01. The fourth-order valence-corrected chi connectivity index (χ4v) is 4.82. The number of methoxy groups -OCH3 is 1. The molecule has 32 heavy (non-hydrogen) atoms. The number of hydrogen-bond donors (Lipinski definition) is 0. The minimum atomic E-state index is 0.0585. The minimum Gasteiger partial charge on any atom is -0.497 e. The fourth-order valence-electron chi connectivity index (χ4n) is 4.82. The molecule has 2 heterocycles. The number of likely N-dealkylation sites (N-methyl/N-ethyl adjacent to an activating group) is 1. The van der Waals surface area contributed by atoms with E-state index in [9.17, 15) is 4.79 Å². The van der Waals surface area contributed by atoms with Gasteiger partial charge in [0.15, 0.2) is 5.69 Å². The molecule has 0 bridgehead atoms. The molecule has 0 saturated carbocycles. The van der Waals surface area contributed by atoms with E-state index in [0.29, 0.717) is 44.0 Å². The highest BCUT2D eigenvalue weighted by Gasteiger charge is 2.33. The number of amides is 1. The molecule has 1 aliphatic carbocycles. The average Bonchev–Trinajstić information content (AvgIpc) is 3.16. The lowest BCUT2D eigenvalue weighted by atomic mass is 9.90. The molecule has 1 amide bonds. The summed E-state index contributed by atoms with van der Waals surface area (Å²) in [5.74, 6) is 1.43. The monoisotopic (exact) mass is 440 g/mol. The number of carbonyl (C=O) groups is 1. The molecule has 0 N–H and O–H groups in total. The first-order valence-electron chi connectivity index (χ1n) is 11.7. The lowest BCUT2D eigenvalue weighted by Gasteiger charge is -2.32. The van der Waals surface area contributed by atoms with E-state index in [0.717, 1.165) is 43.7 Å². The van der Waals surface area contributed by atoms with Gasteiger partial charge in [0, 0.05) is 43.5 Å². The molecule has 174 valence electrons. The van der Waals surface area contributed by atoms with Crippen molar-refractivity contribution in [2.75, 3.05) is 40.5 Å². The summed E-state index contributed by atoms with van der Waals surface area (Å²) in [5, 5.41) is 4.86. The second-order valence-electron chi connectivity index (χ2n) is 9.42. The number of fused-ring (bicyclic) bond motifs is 1.